The Kier molecular flexibility index (Phi) is 3.38. The van der Waals surface area contributed by atoms with Crippen molar-refractivity contribution in [3.8, 4) is 0 Å². The first-order valence-corrected chi connectivity index (χ1v) is 7.06. The minimum absolute atomic E-state index is 0.378. The van der Waals surface area contributed by atoms with Crippen molar-refractivity contribution in [3.05, 3.63) is 53.9 Å². The molecular formula is C16H21N3. The number of nitrogens with zero attached hydrogens (tertiary/aromatic N) is 2. The van der Waals surface area contributed by atoms with Crippen LogP contribution in [0.2, 0.25) is 0 Å². The van der Waals surface area contributed by atoms with Crippen molar-refractivity contribution in [1.29, 1.82) is 0 Å². The summed E-state index contributed by atoms with van der Waals surface area (Å²) >= 11 is 0. The van der Waals surface area contributed by atoms with Crippen LogP contribution in [-0.2, 0) is 19.4 Å². The van der Waals surface area contributed by atoms with E-state index in [1.807, 2.05) is 10.9 Å². The van der Waals surface area contributed by atoms with E-state index in [0.29, 0.717) is 5.41 Å². The molecule has 2 heterocycles. The molecule has 0 amide bonds. The Hall–Kier alpha value is -1.61. The van der Waals surface area contributed by atoms with Crippen molar-refractivity contribution >= 4 is 0 Å². The Labute approximate surface area is 114 Å². The van der Waals surface area contributed by atoms with E-state index in [1.54, 1.807) is 0 Å². The lowest BCUT2D eigenvalue weighted by molar-refractivity contribution is 0.166. The minimum Gasteiger partial charge on any atom is -0.315 e. The van der Waals surface area contributed by atoms with Crippen molar-refractivity contribution in [3.63, 3.8) is 0 Å². The lowest BCUT2D eigenvalue weighted by Gasteiger charge is -2.43. The summed E-state index contributed by atoms with van der Waals surface area (Å²) in [6.07, 6.45) is 6.48. The number of aromatic nitrogens is 2. The fourth-order valence-electron chi connectivity index (χ4n) is 2.92. The van der Waals surface area contributed by atoms with Crippen LogP contribution in [0.5, 0.6) is 0 Å². The molecule has 1 aromatic heterocycles. The van der Waals surface area contributed by atoms with Crippen molar-refractivity contribution in [1.82, 2.24) is 15.1 Å². The van der Waals surface area contributed by atoms with Crippen molar-refractivity contribution in [2.24, 2.45) is 5.41 Å². The number of rotatable bonds is 5. The fraction of sp³-hybridized carbons (Fsp3) is 0.438. The molecule has 0 saturated carbocycles. The van der Waals surface area contributed by atoms with Gasteiger partial charge in [-0.1, -0.05) is 30.3 Å². The molecule has 1 aliphatic heterocycles. The van der Waals surface area contributed by atoms with Gasteiger partial charge in [-0.25, -0.2) is 0 Å². The number of hydrogen-bond acceptors (Lipinski definition) is 2. The summed E-state index contributed by atoms with van der Waals surface area (Å²) in [6, 6.07) is 10.8. The molecule has 19 heavy (non-hydrogen) atoms. The summed E-state index contributed by atoms with van der Waals surface area (Å²) in [5.74, 6) is 0. The van der Waals surface area contributed by atoms with Crippen LogP contribution in [0.4, 0.5) is 0 Å². The molecule has 0 radical (unpaired) electrons. The van der Waals surface area contributed by atoms with Gasteiger partial charge >= 0.3 is 0 Å². The highest BCUT2D eigenvalue weighted by Crippen LogP contribution is 2.31. The van der Waals surface area contributed by atoms with Gasteiger partial charge in [0.15, 0.2) is 0 Å². The Balaban J connectivity index is 1.72. The van der Waals surface area contributed by atoms with Crippen molar-refractivity contribution in [2.75, 3.05) is 13.1 Å². The molecule has 0 spiro atoms. The molecule has 1 aliphatic rings. The highest BCUT2D eigenvalue weighted by atomic mass is 15.3. The maximum Gasteiger partial charge on any atom is 0.0521 e. The van der Waals surface area contributed by atoms with E-state index >= 15 is 0 Å². The van der Waals surface area contributed by atoms with Gasteiger partial charge < -0.3 is 5.32 Å². The molecule has 1 fully saturated rings. The predicted octanol–water partition coefficient (Wildman–Crippen LogP) is 2.28. The Morgan fingerprint density at radius 2 is 1.89 bits per heavy atom. The zero-order valence-electron chi connectivity index (χ0n) is 11.5. The smallest absolute Gasteiger partial charge is 0.0521 e. The Morgan fingerprint density at radius 1 is 1.16 bits per heavy atom. The number of hydrogen-bond donors (Lipinski definition) is 1. The average molecular weight is 255 g/mol. The first-order valence-electron chi connectivity index (χ1n) is 7.06. The third-order valence-corrected chi connectivity index (χ3v) is 4.01. The average Bonchev–Trinajstić information content (AvgIpc) is 2.85. The molecule has 0 atom stereocenters. The minimum atomic E-state index is 0.378. The summed E-state index contributed by atoms with van der Waals surface area (Å²) in [4.78, 5) is 0. The van der Waals surface area contributed by atoms with Gasteiger partial charge in [-0.15, -0.1) is 0 Å². The predicted molar refractivity (Wildman–Crippen MR) is 77.1 cm³/mol. The van der Waals surface area contributed by atoms with Crippen LogP contribution >= 0.6 is 0 Å². The maximum absolute atomic E-state index is 4.38. The summed E-state index contributed by atoms with van der Waals surface area (Å²) < 4.78 is 2.01. The van der Waals surface area contributed by atoms with Crippen LogP contribution in [0.25, 0.3) is 0 Å². The summed E-state index contributed by atoms with van der Waals surface area (Å²) in [6.45, 7) is 5.30. The standard InChI is InChI=1S/C16H21N3/c1-2-19-11-15(10-18-19)9-16(12-17-13-16)8-14-6-4-3-5-7-14/h3-7,10-11,17H,2,8-9,12-13H2,1H3. The first-order chi connectivity index (χ1) is 9.30. The van der Waals surface area contributed by atoms with Gasteiger partial charge in [-0.2, -0.15) is 5.10 Å². The fourth-order valence-corrected chi connectivity index (χ4v) is 2.92. The molecule has 3 heteroatoms. The molecule has 0 unspecified atom stereocenters. The SMILES string of the molecule is CCn1cc(CC2(Cc3ccccc3)CNC2)cn1. The van der Waals surface area contributed by atoms with E-state index in [2.05, 4.69) is 53.9 Å². The second-order valence-electron chi connectivity index (χ2n) is 5.65. The third kappa shape index (κ3) is 2.71. The van der Waals surface area contributed by atoms with E-state index in [9.17, 15) is 0 Å². The second kappa shape index (κ2) is 5.17. The molecular weight excluding hydrogens is 234 g/mol. The van der Waals surface area contributed by atoms with Gasteiger partial charge in [-0.3, -0.25) is 4.68 Å². The zero-order chi connectivity index (χ0) is 13.1. The molecule has 0 aliphatic carbocycles. The topological polar surface area (TPSA) is 29.9 Å². The molecule has 1 saturated heterocycles. The molecule has 1 aromatic carbocycles. The van der Waals surface area contributed by atoms with E-state index in [1.165, 1.54) is 11.1 Å². The quantitative estimate of drug-likeness (QED) is 0.888. The van der Waals surface area contributed by atoms with Crippen LogP contribution in [0.15, 0.2) is 42.7 Å². The van der Waals surface area contributed by atoms with E-state index < -0.39 is 0 Å². The number of benzene rings is 1. The number of aryl methyl sites for hydroxylation is 1. The zero-order valence-corrected chi connectivity index (χ0v) is 11.5. The number of nitrogens with one attached hydrogen (secondary N) is 1. The molecule has 3 rings (SSSR count). The van der Waals surface area contributed by atoms with Gasteiger partial charge in [0.2, 0.25) is 0 Å². The monoisotopic (exact) mass is 255 g/mol. The second-order valence-corrected chi connectivity index (χ2v) is 5.65. The lowest BCUT2D eigenvalue weighted by Crippen LogP contribution is -2.55. The molecule has 3 nitrogen and oxygen atoms in total. The van der Waals surface area contributed by atoms with Gasteiger partial charge in [0, 0.05) is 31.2 Å². The van der Waals surface area contributed by atoms with E-state index in [4.69, 9.17) is 0 Å². The van der Waals surface area contributed by atoms with Gasteiger partial charge in [0.05, 0.1) is 6.20 Å². The lowest BCUT2D eigenvalue weighted by atomic mass is 9.72. The molecule has 100 valence electrons. The highest BCUT2D eigenvalue weighted by molar-refractivity contribution is 5.20. The summed E-state index contributed by atoms with van der Waals surface area (Å²) in [5, 5.41) is 7.82. The molecule has 1 N–H and O–H groups in total. The largest absolute Gasteiger partial charge is 0.315 e. The summed E-state index contributed by atoms with van der Waals surface area (Å²) in [5.41, 5.74) is 3.18. The van der Waals surface area contributed by atoms with Gasteiger partial charge in [-0.05, 0) is 30.9 Å². The molecule has 0 bridgehead atoms. The van der Waals surface area contributed by atoms with Gasteiger partial charge in [0.1, 0.15) is 0 Å². The highest BCUT2D eigenvalue weighted by Gasteiger charge is 2.37. The third-order valence-electron chi connectivity index (χ3n) is 4.01. The summed E-state index contributed by atoms with van der Waals surface area (Å²) in [7, 11) is 0. The Bertz CT molecular complexity index is 526. The van der Waals surface area contributed by atoms with E-state index in [-0.39, 0.29) is 0 Å². The maximum atomic E-state index is 4.38. The van der Waals surface area contributed by atoms with Gasteiger partial charge in [0.25, 0.3) is 0 Å². The van der Waals surface area contributed by atoms with Crippen LogP contribution in [0, 0.1) is 5.41 Å². The van der Waals surface area contributed by atoms with Crippen LogP contribution < -0.4 is 5.32 Å². The van der Waals surface area contributed by atoms with Crippen LogP contribution in [0.3, 0.4) is 0 Å². The van der Waals surface area contributed by atoms with Crippen LogP contribution in [0.1, 0.15) is 18.1 Å². The van der Waals surface area contributed by atoms with E-state index in [0.717, 1.165) is 32.5 Å². The Morgan fingerprint density at radius 3 is 2.47 bits per heavy atom. The first kappa shape index (κ1) is 12.4. The molecule has 2 aromatic rings. The normalized spacial score (nSPS) is 17.1. The van der Waals surface area contributed by atoms with Crippen LogP contribution in [-0.4, -0.2) is 22.9 Å². The van der Waals surface area contributed by atoms with Crippen molar-refractivity contribution in [2.45, 2.75) is 26.3 Å². The van der Waals surface area contributed by atoms with Crippen molar-refractivity contribution < 1.29 is 0 Å².